The summed E-state index contributed by atoms with van der Waals surface area (Å²) in [5.41, 5.74) is 2.56. The number of nitrogens with zero attached hydrogens (tertiary/aromatic N) is 3. The smallest absolute Gasteiger partial charge is 0.229 e. The summed E-state index contributed by atoms with van der Waals surface area (Å²) in [7, 11) is 0. The number of carbonyl (C=O) groups excluding carboxylic acids is 2. The topological polar surface area (TPSA) is 75.2 Å². The molecule has 7 heteroatoms. The van der Waals surface area contributed by atoms with E-state index in [0.29, 0.717) is 13.0 Å². The summed E-state index contributed by atoms with van der Waals surface area (Å²) in [5.74, 6) is -0.00438. The fourth-order valence-corrected chi connectivity index (χ4v) is 3.51. The highest BCUT2D eigenvalue weighted by atomic mass is 32.1. The average molecular weight is 358 g/mol. The lowest BCUT2D eigenvalue weighted by Gasteiger charge is -2.32. The zero-order valence-corrected chi connectivity index (χ0v) is 15.1. The first-order valence-electron chi connectivity index (χ1n) is 8.63. The van der Waals surface area contributed by atoms with Gasteiger partial charge in [-0.25, -0.2) is 0 Å². The van der Waals surface area contributed by atoms with Crippen LogP contribution >= 0.6 is 11.5 Å². The van der Waals surface area contributed by atoms with Crippen molar-refractivity contribution < 1.29 is 9.59 Å². The van der Waals surface area contributed by atoms with E-state index in [1.165, 1.54) is 11.5 Å². The second kappa shape index (κ2) is 8.20. The summed E-state index contributed by atoms with van der Waals surface area (Å²) in [5, 5.41) is 8.89. The van der Waals surface area contributed by atoms with Gasteiger partial charge in [-0.1, -0.05) is 23.5 Å². The van der Waals surface area contributed by atoms with E-state index in [-0.39, 0.29) is 17.7 Å². The van der Waals surface area contributed by atoms with Crippen LogP contribution in [0.5, 0.6) is 0 Å². The van der Waals surface area contributed by atoms with Gasteiger partial charge in [0.15, 0.2) is 0 Å². The highest BCUT2D eigenvalue weighted by molar-refractivity contribution is 7.03. The molecule has 132 valence electrons. The van der Waals surface area contributed by atoms with Crippen molar-refractivity contribution in [2.45, 2.75) is 32.6 Å². The normalized spacial score (nSPS) is 17.3. The van der Waals surface area contributed by atoms with E-state index in [1.807, 2.05) is 41.5 Å². The number of piperidine rings is 1. The molecule has 0 radical (unpaired) electrons. The Morgan fingerprint density at radius 2 is 2.12 bits per heavy atom. The van der Waals surface area contributed by atoms with Gasteiger partial charge in [-0.3, -0.25) is 9.59 Å². The minimum Gasteiger partial charge on any atom is -0.342 e. The standard InChI is InChI=1S/C18H22N4O2S/c1-2-4-17(23)22-10-3-5-14(11-22)18(24)19-15-8-6-13(7-9-15)16-12-25-21-20-16/h6-9,12,14H,2-5,10-11H2,1H3,(H,19,24). The molecule has 1 aromatic heterocycles. The molecule has 0 bridgehead atoms. The fourth-order valence-electron chi connectivity index (χ4n) is 3.05. The molecular weight excluding hydrogens is 336 g/mol. The molecule has 1 unspecified atom stereocenters. The maximum absolute atomic E-state index is 12.5. The monoisotopic (exact) mass is 358 g/mol. The van der Waals surface area contributed by atoms with Crippen molar-refractivity contribution in [3.63, 3.8) is 0 Å². The molecule has 2 heterocycles. The van der Waals surface area contributed by atoms with Gasteiger partial charge in [0.05, 0.1) is 5.92 Å². The van der Waals surface area contributed by atoms with Crippen LogP contribution in [0.2, 0.25) is 0 Å². The average Bonchev–Trinajstić information content (AvgIpc) is 3.17. The molecule has 3 rings (SSSR count). The van der Waals surface area contributed by atoms with Gasteiger partial charge in [0, 0.05) is 36.1 Å². The molecule has 1 saturated heterocycles. The Balaban J connectivity index is 1.59. The van der Waals surface area contributed by atoms with Gasteiger partial charge in [0.2, 0.25) is 11.8 Å². The van der Waals surface area contributed by atoms with E-state index in [4.69, 9.17) is 0 Å². The van der Waals surface area contributed by atoms with Gasteiger partial charge in [-0.05, 0) is 42.9 Å². The zero-order chi connectivity index (χ0) is 17.6. The number of rotatable bonds is 5. The second-order valence-electron chi connectivity index (χ2n) is 6.29. The van der Waals surface area contributed by atoms with Crippen molar-refractivity contribution in [3.05, 3.63) is 29.6 Å². The number of hydrogen-bond acceptors (Lipinski definition) is 5. The van der Waals surface area contributed by atoms with E-state index in [0.717, 1.165) is 42.8 Å². The molecule has 1 aromatic carbocycles. The highest BCUT2D eigenvalue weighted by Gasteiger charge is 2.28. The Morgan fingerprint density at radius 3 is 2.80 bits per heavy atom. The molecular formula is C18H22N4O2S. The lowest BCUT2D eigenvalue weighted by atomic mass is 9.96. The Bertz CT molecular complexity index is 715. The molecule has 0 spiro atoms. The first-order valence-corrected chi connectivity index (χ1v) is 9.47. The minimum atomic E-state index is -0.142. The van der Waals surface area contributed by atoms with Crippen LogP contribution < -0.4 is 5.32 Å². The Labute approximate surface area is 151 Å². The van der Waals surface area contributed by atoms with Crippen molar-refractivity contribution >= 4 is 29.0 Å². The third-order valence-electron chi connectivity index (χ3n) is 4.42. The van der Waals surface area contributed by atoms with Crippen LogP contribution in [0, 0.1) is 5.92 Å². The molecule has 1 aliphatic rings. The van der Waals surface area contributed by atoms with Crippen LogP contribution in [-0.4, -0.2) is 39.4 Å². The number of aromatic nitrogens is 2. The van der Waals surface area contributed by atoms with Crippen LogP contribution in [0.15, 0.2) is 29.6 Å². The maximum Gasteiger partial charge on any atom is 0.229 e. The third kappa shape index (κ3) is 4.42. The first-order chi connectivity index (χ1) is 12.2. The summed E-state index contributed by atoms with van der Waals surface area (Å²) in [4.78, 5) is 26.4. The molecule has 2 aromatic rings. The predicted octanol–water partition coefficient (Wildman–Crippen LogP) is 3.18. The first kappa shape index (κ1) is 17.5. The molecule has 1 atom stereocenters. The Morgan fingerprint density at radius 1 is 1.32 bits per heavy atom. The van der Waals surface area contributed by atoms with E-state index in [2.05, 4.69) is 14.9 Å². The van der Waals surface area contributed by atoms with Crippen molar-refractivity contribution in [3.8, 4) is 11.3 Å². The molecule has 0 aliphatic carbocycles. The van der Waals surface area contributed by atoms with Crippen LogP contribution in [0.4, 0.5) is 5.69 Å². The van der Waals surface area contributed by atoms with Crippen molar-refractivity contribution in [1.82, 2.24) is 14.5 Å². The summed E-state index contributed by atoms with van der Waals surface area (Å²) in [6.07, 6.45) is 3.10. The summed E-state index contributed by atoms with van der Waals surface area (Å²) >= 11 is 1.31. The highest BCUT2D eigenvalue weighted by Crippen LogP contribution is 2.22. The van der Waals surface area contributed by atoms with Crippen molar-refractivity contribution in [2.24, 2.45) is 5.92 Å². The SMILES string of the molecule is CCCC(=O)N1CCCC(C(=O)Nc2ccc(-c3csnn3)cc2)C1. The molecule has 2 amide bonds. The lowest BCUT2D eigenvalue weighted by molar-refractivity contribution is -0.134. The van der Waals surface area contributed by atoms with E-state index >= 15 is 0 Å². The number of anilines is 1. The molecule has 1 N–H and O–H groups in total. The molecule has 6 nitrogen and oxygen atoms in total. The Kier molecular flexibility index (Phi) is 5.75. The van der Waals surface area contributed by atoms with Crippen LogP contribution in [0.3, 0.4) is 0 Å². The lowest BCUT2D eigenvalue weighted by Crippen LogP contribution is -2.43. The van der Waals surface area contributed by atoms with E-state index in [1.54, 1.807) is 0 Å². The van der Waals surface area contributed by atoms with Crippen LogP contribution in [0.25, 0.3) is 11.3 Å². The van der Waals surface area contributed by atoms with E-state index < -0.39 is 0 Å². The summed E-state index contributed by atoms with van der Waals surface area (Å²) < 4.78 is 3.85. The number of amides is 2. The maximum atomic E-state index is 12.5. The molecule has 1 fully saturated rings. The fraction of sp³-hybridized carbons (Fsp3) is 0.444. The van der Waals surface area contributed by atoms with Gasteiger partial charge in [-0.2, -0.15) is 0 Å². The Hall–Kier alpha value is -2.28. The molecule has 1 aliphatic heterocycles. The van der Waals surface area contributed by atoms with Gasteiger partial charge < -0.3 is 10.2 Å². The number of hydrogen-bond donors (Lipinski definition) is 1. The van der Waals surface area contributed by atoms with Crippen molar-refractivity contribution in [1.29, 1.82) is 0 Å². The molecule has 0 saturated carbocycles. The molecule has 25 heavy (non-hydrogen) atoms. The summed E-state index contributed by atoms with van der Waals surface area (Å²) in [6.45, 7) is 3.28. The number of nitrogens with one attached hydrogen (secondary N) is 1. The number of likely N-dealkylation sites (tertiary alicyclic amines) is 1. The predicted molar refractivity (Wildman–Crippen MR) is 98.2 cm³/mol. The van der Waals surface area contributed by atoms with Crippen molar-refractivity contribution in [2.75, 3.05) is 18.4 Å². The number of carbonyl (C=O) groups is 2. The quantitative estimate of drug-likeness (QED) is 0.891. The number of benzene rings is 1. The minimum absolute atomic E-state index is 0.0166. The van der Waals surface area contributed by atoms with Crippen LogP contribution in [0.1, 0.15) is 32.6 Å². The van der Waals surface area contributed by atoms with Gasteiger partial charge in [-0.15, -0.1) is 5.10 Å². The zero-order valence-electron chi connectivity index (χ0n) is 14.3. The second-order valence-corrected chi connectivity index (χ2v) is 6.90. The van der Waals surface area contributed by atoms with Gasteiger partial charge in [0.25, 0.3) is 0 Å². The van der Waals surface area contributed by atoms with Crippen LogP contribution in [-0.2, 0) is 9.59 Å². The largest absolute Gasteiger partial charge is 0.342 e. The van der Waals surface area contributed by atoms with Gasteiger partial charge in [0.1, 0.15) is 5.69 Å². The summed E-state index contributed by atoms with van der Waals surface area (Å²) in [6, 6.07) is 7.58. The van der Waals surface area contributed by atoms with Gasteiger partial charge >= 0.3 is 0 Å². The van der Waals surface area contributed by atoms with E-state index in [9.17, 15) is 9.59 Å². The third-order valence-corrected chi connectivity index (χ3v) is 4.92.